The summed E-state index contributed by atoms with van der Waals surface area (Å²) in [5.41, 5.74) is 0.687. The van der Waals surface area contributed by atoms with E-state index < -0.39 is 0 Å². The van der Waals surface area contributed by atoms with Gasteiger partial charge in [-0.25, -0.2) is 4.79 Å². The molecule has 0 aliphatic carbocycles. The Labute approximate surface area is 163 Å². The summed E-state index contributed by atoms with van der Waals surface area (Å²) in [6.45, 7) is 4.02. The Morgan fingerprint density at radius 2 is 1.81 bits per heavy atom. The number of hydrogen-bond acceptors (Lipinski definition) is 3. The molecule has 0 unspecified atom stereocenters. The average Bonchev–Trinajstić information content (AvgIpc) is 2.67. The van der Waals surface area contributed by atoms with Gasteiger partial charge in [-0.2, -0.15) is 0 Å². The summed E-state index contributed by atoms with van der Waals surface area (Å²) in [7, 11) is 0. The summed E-state index contributed by atoms with van der Waals surface area (Å²) < 4.78 is 0.892. The summed E-state index contributed by atoms with van der Waals surface area (Å²) in [6.07, 6.45) is 6.03. The lowest BCUT2D eigenvalue weighted by Gasteiger charge is -2.40. The molecule has 2 aliphatic heterocycles. The normalized spacial score (nSPS) is 19.2. The van der Waals surface area contributed by atoms with Crippen molar-refractivity contribution in [3.63, 3.8) is 0 Å². The van der Waals surface area contributed by atoms with Crippen LogP contribution in [0.15, 0.2) is 28.7 Å². The molecule has 0 saturated carbocycles. The van der Waals surface area contributed by atoms with Gasteiger partial charge in [0.05, 0.1) is 6.54 Å². The van der Waals surface area contributed by atoms with Crippen LogP contribution in [0, 0.1) is 0 Å². The smallest absolute Gasteiger partial charge is 0.319 e. The number of carbonyl (C=O) groups excluding carboxylic acids is 2. The van der Waals surface area contributed by atoms with Gasteiger partial charge in [0.2, 0.25) is 5.91 Å². The first kappa shape index (κ1) is 19.2. The lowest BCUT2D eigenvalue weighted by atomic mass is 10.00. The van der Waals surface area contributed by atoms with Gasteiger partial charge < -0.3 is 20.4 Å². The highest BCUT2D eigenvalue weighted by molar-refractivity contribution is 9.10. The van der Waals surface area contributed by atoms with Crippen LogP contribution in [-0.2, 0) is 4.79 Å². The number of piperidine rings is 2. The summed E-state index contributed by atoms with van der Waals surface area (Å²) in [6, 6.07) is 7.61. The lowest BCUT2D eigenvalue weighted by Crippen LogP contribution is -2.50. The zero-order chi connectivity index (χ0) is 18.4. The molecule has 3 amide bonds. The van der Waals surface area contributed by atoms with Crippen molar-refractivity contribution in [1.29, 1.82) is 0 Å². The minimum absolute atomic E-state index is 0.00788. The van der Waals surface area contributed by atoms with Gasteiger partial charge in [-0.3, -0.25) is 4.79 Å². The molecule has 142 valence electrons. The molecule has 0 aromatic heterocycles. The van der Waals surface area contributed by atoms with Crippen LogP contribution in [0.3, 0.4) is 0 Å². The van der Waals surface area contributed by atoms with E-state index in [-0.39, 0.29) is 18.5 Å². The second kappa shape index (κ2) is 9.37. The van der Waals surface area contributed by atoms with Gasteiger partial charge in [0, 0.05) is 29.3 Å². The van der Waals surface area contributed by atoms with E-state index in [0.717, 1.165) is 30.4 Å². The predicted octanol–water partition coefficient (Wildman–Crippen LogP) is 3.05. The minimum Gasteiger partial charge on any atom is -0.341 e. The van der Waals surface area contributed by atoms with E-state index in [1.54, 1.807) is 6.07 Å². The van der Waals surface area contributed by atoms with Crippen molar-refractivity contribution < 1.29 is 9.59 Å². The maximum absolute atomic E-state index is 12.4. The van der Waals surface area contributed by atoms with Crippen LogP contribution in [-0.4, -0.2) is 60.5 Å². The summed E-state index contributed by atoms with van der Waals surface area (Å²) in [5, 5.41) is 5.39. The van der Waals surface area contributed by atoms with Gasteiger partial charge in [-0.15, -0.1) is 0 Å². The topological polar surface area (TPSA) is 64.7 Å². The van der Waals surface area contributed by atoms with Gasteiger partial charge in [-0.1, -0.05) is 28.4 Å². The molecule has 7 heteroatoms. The SMILES string of the molecule is O=C(NCC(=O)N1CCC(N2CCCCC2)CC1)Nc1cccc(Br)c1. The van der Waals surface area contributed by atoms with Crippen molar-refractivity contribution in [3.8, 4) is 0 Å². The largest absolute Gasteiger partial charge is 0.341 e. The molecule has 2 N–H and O–H groups in total. The highest BCUT2D eigenvalue weighted by Crippen LogP contribution is 2.21. The number of carbonyl (C=O) groups is 2. The summed E-state index contributed by atoms with van der Waals surface area (Å²) in [5.74, 6) is -0.00788. The van der Waals surface area contributed by atoms with Crippen molar-refractivity contribution in [2.75, 3.05) is 38.0 Å². The van der Waals surface area contributed by atoms with Crippen molar-refractivity contribution >= 4 is 33.6 Å². The zero-order valence-electron chi connectivity index (χ0n) is 15.0. The fourth-order valence-electron chi connectivity index (χ4n) is 3.77. The Bertz CT molecular complexity index is 626. The number of anilines is 1. The third-order valence-electron chi connectivity index (χ3n) is 5.21. The minimum atomic E-state index is -0.361. The highest BCUT2D eigenvalue weighted by atomic mass is 79.9. The Morgan fingerprint density at radius 1 is 1.08 bits per heavy atom. The molecule has 2 heterocycles. The van der Waals surface area contributed by atoms with E-state index in [2.05, 4.69) is 31.5 Å². The van der Waals surface area contributed by atoms with Crippen molar-refractivity contribution in [2.24, 2.45) is 0 Å². The van der Waals surface area contributed by atoms with E-state index in [9.17, 15) is 9.59 Å². The molecule has 0 bridgehead atoms. The number of nitrogens with one attached hydrogen (secondary N) is 2. The second-order valence-electron chi connectivity index (χ2n) is 7.03. The molecular formula is C19H27BrN4O2. The molecule has 6 nitrogen and oxygen atoms in total. The van der Waals surface area contributed by atoms with Gasteiger partial charge in [0.25, 0.3) is 0 Å². The Balaban J connectivity index is 1.38. The monoisotopic (exact) mass is 422 g/mol. The van der Waals surface area contributed by atoms with Crippen LogP contribution >= 0.6 is 15.9 Å². The molecule has 26 heavy (non-hydrogen) atoms. The first-order valence-electron chi connectivity index (χ1n) is 9.44. The van der Waals surface area contributed by atoms with Gasteiger partial charge in [-0.05, 0) is 57.0 Å². The van der Waals surface area contributed by atoms with Crippen LogP contribution in [0.2, 0.25) is 0 Å². The second-order valence-corrected chi connectivity index (χ2v) is 7.94. The molecule has 1 aromatic rings. The zero-order valence-corrected chi connectivity index (χ0v) is 16.6. The first-order chi connectivity index (χ1) is 12.6. The number of nitrogens with zero attached hydrogens (tertiary/aromatic N) is 2. The Kier molecular flexibility index (Phi) is 6.91. The van der Waals surface area contributed by atoms with E-state index in [4.69, 9.17) is 0 Å². The summed E-state index contributed by atoms with van der Waals surface area (Å²) >= 11 is 3.36. The third-order valence-corrected chi connectivity index (χ3v) is 5.70. The Morgan fingerprint density at radius 3 is 2.50 bits per heavy atom. The van der Waals surface area contributed by atoms with Gasteiger partial charge >= 0.3 is 6.03 Å². The van der Waals surface area contributed by atoms with E-state index in [1.807, 2.05) is 23.1 Å². The molecule has 0 spiro atoms. The van der Waals surface area contributed by atoms with Crippen LogP contribution < -0.4 is 10.6 Å². The van der Waals surface area contributed by atoms with Crippen molar-refractivity contribution in [3.05, 3.63) is 28.7 Å². The molecule has 2 aliphatic rings. The van der Waals surface area contributed by atoms with Crippen molar-refractivity contribution in [2.45, 2.75) is 38.1 Å². The molecule has 0 atom stereocenters. The fraction of sp³-hybridized carbons (Fsp3) is 0.579. The molecule has 2 fully saturated rings. The molecular weight excluding hydrogens is 396 g/mol. The number of amides is 3. The number of benzene rings is 1. The van der Waals surface area contributed by atoms with E-state index in [1.165, 1.54) is 32.4 Å². The van der Waals surface area contributed by atoms with Crippen LogP contribution in [0.4, 0.5) is 10.5 Å². The number of hydrogen-bond donors (Lipinski definition) is 2. The average molecular weight is 423 g/mol. The summed E-state index contributed by atoms with van der Waals surface area (Å²) in [4.78, 5) is 28.8. The molecule has 1 aromatic carbocycles. The fourth-order valence-corrected chi connectivity index (χ4v) is 4.17. The van der Waals surface area contributed by atoms with Gasteiger partial charge in [0.1, 0.15) is 0 Å². The molecule has 0 radical (unpaired) electrons. The first-order valence-corrected chi connectivity index (χ1v) is 10.2. The number of halogens is 1. The molecule has 2 saturated heterocycles. The highest BCUT2D eigenvalue weighted by Gasteiger charge is 2.27. The van der Waals surface area contributed by atoms with Crippen molar-refractivity contribution in [1.82, 2.24) is 15.1 Å². The van der Waals surface area contributed by atoms with Crippen LogP contribution in [0.5, 0.6) is 0 Å². The van der Waals surface area contributed by atoms with Crippen LogP contribution in [0.1, 0.15) is 32.1 Å². The Hall–Kier alpha value is -1.60. The lowest BCUT2D eigenvalue weighted by molar-refractivity contribution is -0.131. The predicted molar refractivity (Wildman–Crippen MR) is 106 cm³/mol. The van der Waals surface area contributed by atoms with E-state index in [0.29, 0.717) is 11.7 Å². The van der Waals surface area contributed by atoms with Crippen LogP contribution in [0.25, 0.3) is 0 Å². The van der Waals surface area contributed by atoms with E-state index >= 15 is 0 Å². The van der Waals surface area contributed by atoms with Gasteiger partial charge in [0.15, 0.2) is 0 Å². The standard InChI is InChI=1S/C19H27BrN4O2/c20-15-5-4-6-16(13-15)22-19(26)21-14-18(25)24-11-7-17(8-12-24)23-9-2-1-3-10-23/h4-6,13,17H,1-3,7-12,14H2,(H2,21,22,26). The number of likely N-dealkylation sites (tertiary alicyclic amines) is 2. The molecule has 3 rings (SSSR count). The maximum atomic E-state index is 12.4. The maximum Gasteiger partial charge on any atom is 0.319 e. The quantitative estimate of drug-likeness (QED) is 0.783. The number of urea groups is 1. The number of rotatable bonds is 4. The third kappa shape index (κ3) is 5.45.